The Kier molecular flexibility index (Phi) is 5.70. The van der Waals surface area contributed by atoms with E-state index in [1.807, 2.05) is 36.8 Å². The Morgan fingerprint density at radius 3 is 2.84 bits per heavy atom. The van der Waals surface area contributed by atoms with Gasteiger partial charge in [0.2, 0.25) is 12.3 Å². The summed E-state index contributed by atoms with van der Waals surface area (Å²) in [5.41, 5.74) is 8.19. The summed E-state index contributed by atoms with van der Waals surface area (Å²) >= 11 is 0. The van der Waals surface area contributed by atoms with Crippen LogP contribution in [0.2, 0.25) is 0 Å². The third-order valence-corrected chi connectivity index (χ3v) is 6.28. The lowest BCUT2D eigenvalue weighted by Crippen LogP contribution is -2.56. The molecular formula is C25H30N7+. The van der Waals surface area contributed by atoms with Crippen LogP contribution in [0.3, 0.4) is 0 Å². The van der Waals surface area contributed by atoms with Gasteiger partial charge in [-0.25, -0.2) is 4.98 Å². The first-order chi connectivity index (χ1) is 15.6. The van der Waals surface area contributed by atoms with E-state index in [0.29, 0.717) is 12.0 Å². The SMILES string of the molecule is Cc1ccc2c(c1)N=C[N+]2(NCC1CCCN1)c1ccnc(NC(C)c2ccccc2)n1. The molecule has 2 aliphatic rings. The Morgan fingerprint density at radius 1 is 1.16 bits per heavy atom. The van der Waals surface area contributed by atoms with E-state index in [0.717, 1.165) is 30.3 Å². The second-order valence-corrected chi connectivity index (χ2v) is 8.63. The largest absolute Gasteiger partial charge is 0.348 e. The van der Waals surface area contributed by atoms with Crippen LogP contribution in [0, 0.1) is 6.92 Å². The molecule has 0 saturated carbocycles. The van der Waals surface area contributed by atoms with Gasteiger partial charge in [0.05, 0.1) is 12.6 Å². The highest BCUT2D eigenvalue weighted by Gasteiger charge is 2.41. The van der Waals surface area contributed by atoms with Crippen LogP contribution in [0.15, 0.2) is 65.8 Å². The standard InChI is InChI=1S/C25H30N7/c1-18-10-11-23-22(15-18)28-17-32(23,29-16-21-9-6-13-26-21)24-12-14-27-25(31-24)30-19(2)20-7-4-3-5-8-20/h3-5,7-8,10-12,14-15,17,19,21,26,29H,6,9,13,16H2,1-2H3,(H,27,30,31)/q+1. The van der Waals surface area contributed by atoms with Crippen molar-refractivity contribution < 1.29 is 0 Å². The zero-order chi connectivity index (χ0) is 22.0. The molecule has 2 aromatic carbocycles. The second-order valence-electron chi connectivity index (χ2n) is 8.63. The quantitative estimate of drug-likeness (QED) is 0.482. The van der Waals surface area contributed by atoms with E-state index in [1.165, 1.54) is 24.0 Å². The molecule has 3 N–H and O–H groups in total. The molecule has 1 fully saturated rings. The minimum absolute atomic E-state index is 0.0951. The van der Waals surface area contributed by atoms with Crippen molar-refractivity contribution in [3.05, 3.63) is 71.9 Å². The first-order valence-corrected chi connectivity index (χ1v) is 11.3. The van der Waals surface area contributed by atoms with Gasteiger partial charge in [-0.05, 0) is 50.4 Å². The molecule has 3 atom stereocenters. The number of nitrogens with one attached hydrogen (secondary N) is 3. The van der Waals surface area contributed by atoms with Crippen molar-refractivity contribution in [2.45, 2.75) is 38.8 Å². The smallest absolute Gasteiger partial charge is 0.263 e. The third-order valence-electron chi connectivity index (χ3n) is 6.28. The molecule has 3 unspecified atom stereocenters. The van der Waals surface area contributed by atoms with E-state index in [2.05, 4.69) is 65.2 Å². The van der Waals surface area contributed by atoms with E-state index < -0.39 is 0 Å². The van der Waals surface area contributed by atoms with E-state index in [1.54, 1.807) is 0 Å². The fourth-order valence-corrected chi connectivity index (χ4v) is 4.45. The van der Waals surface area contributed by atoms with Crippen molar-refractivity contribution in [2.75, 3.05) is 18.4 Å². The number of fused-ring (bicyclic) bond motifs is 1. The number of nitrogens with zero attached hydrogens (tertiary/aromatic N) is 4. The lowest BCUT2D eigenvalue weighted by atomic mass is 10.1. The van der Waals surface area contributed by atoms with E-state index in [4.69, 9.17) is 9.98 Å². The zero-order valence-corrected chi connectivity index (χ0v) is 18.6. The van der Waals surface area contributed by atoms with Crippen LogP contribution in [0.25, 0.3) is 0 Å². The van der Waals surface area contributed by atoms with Crippen molar-refractivity contribution >= 4 is 29.5 Å². The fraction of sp³-hybridized carbons (Fsp3) is 0.320. The molecule has 7 heteroatoms. The molecule has 5 rings (SSSR count). The lowest BCUT2D eigenvalue weighted by Gasteiger charge is -2.30. The Labute approximate surface area is 189 Å². The highest BCUT2D eigenvalue weighted by Crippen LogP contribution is 2.42. The minimum atomic E-state index is 0.0951. The first kappa shape index (κ1) is 20.8. The van der Waals surface area contributed by atoms with Crippen molar-refractivity contribution in [1.29, 1.82) is 0 Å². The predicted octanol–water partition coefficient (Wildman–Crippen LogP) is 4.53. The van der Waals surface area contributed by atoms with E-state index in [-0.39, 0.29) is 10.6 Å². The van der Waals surface area contributed by atoms with Gasteiger partial charge in [0, 0.05) is 24.4 Å². The van der Waals surface area contributed by atoms with Gasteiger partial charge in [-0.2, -0.15) is 9.98 Å². The predicted molar refractivity (Wildman–Crippen MR) is 130 cm³/mol. The number of quaternary nitrogens is 1. The molecule has 7 nitrogen and oxygen atoms in total. The van der Waals surface area contributed by atoms with Gasteiger partial charge >= 0.3 is 0 Å². The number of benzene rings is 2. The summed E-state index contributed by atoms with van der Waals surface area (Å²) in [7, 11) is 0. The molecule has 0 spiro atoms. The van der Waals surface area contributed by atoms with Crippen molar-refractivity contribution in [3.8, 4) is 0 Å². The van der Waals surface area contributed by atoms with Gasteiger partial charge < -0.3 is 10.6 Å². The summed E-state index contributed by atoms with van der Waals surface area (Å²) in [5.74, 6) is 1.44. The lowest BCUT2D eigenvalue weighted by molar-refractivity contribution is 0.381. The monoisotopic (exact) mass is 428 g/mol. The van der Waals surface area contributed by atoms with Crippen LogP contribution in [0.5, 0.6) is 0 Å². The summed E-state index contributed by atoms with van der Waals surface area (Å²) in [6, 6.07) is 19.3. The van der Waals surface area contributed by atoms with Gasteiger partial charge in [0.1, 0.15) is 5.69 Å². The van der Waals surface area contributed by atoms with Crippen molar-refractivity contribution in [1.82, 2.24) is 25.3 Å². The van der Waals surface area contributed by atoms with Gasteiger partial charge in [0.15, 0.2) is 5.69 Å². The second kappa shape index (κ2) is 8.78. The number of aromatic nitrogens is 2. The molecule has 2 aliphatic heterocycles. The summed E-state index contributed by atoms with van der Waals surface area (Å²) in [4.78, 5) is 14.2. The maximum atomic E-state index is 4.93. The number of hydrogen-bond donors (Lipinski definition) is 3. The molecular weight excluding hydrogens is 398 g/mol. The van der Waals surface area contributed by atoms with Crippen LogP contribution in [-0.2, 0) is 0 Å². The molecule has 3 aromatic rings. The van der Waals surface area contributed by atoms with Crippen molar-refractivity contribution in [2.24, 2.45) is 4.99 Å². The number of aryl methyl sites for hydroxylation is 1. The van der Waals surface area contributed by atoms with Crippen LogP contribution in [0.4, 0.5) is 23.1 Å². The number of hydrogen-bond acceptors (Lipinski definition) is 6. The highest BCUT2D eigenvalue weighted by atomic mass is 15.7. The fourth-order valence-electron chi connectivity index (χ4n) is 4.45. The number of rotatable bonds is 7. The van der Waals surface area contributed by atoms with Gasteiger partial charge in [0.25, 0.3) is 5.82 Å². The molecule has 1 saturated heterocycles. The summed E-state index contributed by atoms with van der Waals surface area (Å²) in [6.07, 6.45) is 6.16. The van der Waals surface area contributed by atoms with Gasteiger partial charge in [-0.1, -0.05) is 36.4 Å². The number of aliphatic imine (C=N–C) groups is 1. The Bertz CT molecular complexity index is 1110. The average molecular weight is 429 g/mol. The van der Waals surface area contributed by atoms with E-state index in [9.17, 15) is 0 Å². The Morgan fingerprint density at radius 2 is 2.03 bits per heavy atom. The molecule has 0 radical (unpaired) electrons. The van der Waals surface area contributed by atoms with Crippen molar-refractivity contribution in [3.63, 3.8) is 0 Å². The number of anilines is 1. The van der Waals surface area contributed by atoms with Crippen LogP contribution < -0.4 is 20.7 Å². The van der Waals surface area contributed by atoms with Crippen LogP contribution >= 0.6 is 0 Å². The first-order valence-electron chi connectivity index (χ1n) is 11.3. The summed E-state index contributed by atoms with van der Waals surface area (Å²) < 4.78 is 0.282. The van der Waals surface area contributed by atoms with Crippen LogP contribution in [-0.4, -0.2) is 35.4 Å². The maximum absolute atomic E-state index is 4.93. The highest BCUT2D eigenvalue weighted by molar-refractivity contribution is 5.93. The molecule has 164 valence electrons. The summed E-state index contributed by atoms with van der Waals surface area (Å²) in [5, 5.41) is 7.03. The minimum Gasteiger partial charge on any atom is -0.348 e. The molecule has 32 heavy (non-hydrogen) atoms. The van der Waals surface area contributed by atoms with Gasteiger partial charge in [-0.3, -0.25) is 0 Å². The molecule has 3 heterocycles. The third kappa shape index (κ3) is 4.02. The van der Waals surface area contributed by atoms with E-state index >= 15 is 0 Å². The molecule has 0 aliphatic carbocycles. The molecule has 0 bridgehead atoms. The topological polar surface area (TPSA) is 74.2 Å². The zero-order valence-electron chi connectivity index (χ0n) is 18.6. The summed E-state index contributed by atoms with van der Waals surface area (Å²) in [6.45, 7) is 6.12. The normalized spacial score (nSPS) is 22.6. The Balaban J connectivity index is 1.47. The average Bonchev–Trinajstić information content (AvgIpc) is 3.47. The Hall–Kier alpha value is -3.13. The molecule has 1 aromatic heterocycles. The molecule has 0 amide bonds. The van der Waals surface area contributed by atoms with Crippen LogP contribution in [0.1, 0.15) is 36.9 Å². The van der Waals surface area contributed by atoms with Gasteiger partial charge in [-0.15, -0.1) is 10.0 Å². The maximum Gasteiger partial charge on any atom is 0.263 e.